The van der Waals surface area contributed by atoms with Gasteiger partial charge in [-0.15, -0.1) is 0 Å². The summed E-state index contributed by atoms with van der Waals surface area (Å²) in [6.45, 7) is 1.07. The summed E-state index contributed by atoms with van der Waals surface area (Å²) in [5.41, 5.74) is 1.70. The molecule has 0 radical (unpaired) electrons. The average molecular weight is 339 g/mol. The molecule has 0 spiro atoms. The van der Waals surface area contributed by atoms with Crippen LogP contribution in [-0.2, 0) is 16.0 Å². The van der Waals surface area contributed by atoms with E-state index < -0.39 is 0 Å². The van der Waals surface area contributed by atoms with Crippen molar-refractivity contribution in [2.45, 2.75) is 12.8 Å². The summed E-state index contributed by atoms with van der Waals surface area (Å²) in [4.78, 5) is 30.5. The van der Waals surface area contributed by atoms with Gasteiger partial charge in [0.05, 0.1) is 13.0 Å². The van der Waals surface area contributed by atoms with Gasteiger partial charge in [-0.25, -0.2) is 4.98 Å². The highest BCUT2D eigenvalue weighted by Gasteiger charge is 2.34. The number of nitrogens with one attached hydrogen (secondary N) is 1. The molecule has 1 saturated heterocycles. The maximum absolute atomic E-state index is 12.5. The zero-order valence-electron chi connectivity index (χ0n) is 14.1. The summed E-state index contributed by atoms with van der Waals surface area (Å²) in [5, 5.41) is 2.81. The smallest absolute Gasteiger partial charge is 0.237 e. The second kappa shape index (κ2) is 7.79. The third kappa shape index (κ3) is 4.15. The molecule has 1 fully saturated rings. The van der Waals surface area contributed by atoms with Gasteiger partial charge < -0.3 is 15.0 Å². The molecule has 6 nitrogen and oxygen atoms in total. The minimum atomic E-state index is -0.354. The minimum absolute atomic E-state index is 0.0224. The fourth-order valence-corrected chi connectivity index (χ4v) is 2.96. The van der Waals surface area contributed by atoms with E-state index in [0.29, 0.717) is 24.7 Å². The Bertz CT molecular complexity index is 749. The van der Waals surface area contributed by atoms with E-state index in [9.17, 15) is 9.59 Å². The van der Waals surface area contributed by atoms with Gasteiger partial charge in [0.2, 0.25) is 17.7 Å². The Morgan fingerprint density at radius 2 is 2.08 bits per heavy atom. The van der Waals surface area contributed by atoms with Gasteiger partial charge in [0.15, 0.2) is 0 Å². The summed E-state index contributed by atoms with van der Waals surface area (Å²) in [7, 11) is 1.50. The molecule has 3 rings (SSSR count). The Morgan fingerprint density at radius 3 is 2.84 bits per heavy atom. The number of methoxy groups -OCH3 is 1. The van der Waals surface area contributed by atoms with Crippen LogP contribution in [0.25, 0.3) is 0 Å². The van der Waals surface area contributed by atoms with E-state index in [1.54, 1.807) is 23.2 Å². The lowest BCUT2D eigenvalue weighted by molar-refractivity contribution is -0.128. The SMILES string of the molecule is COc1ncccc1NC(=O)[C@H]1CC(=O)N(CCc2ccccc2)C1. The first-order chi connectivity index (χ1) is 12.2. The molecule has 25 heavy (non-hydrogen) atoms. The third-order valence-electron chi connectivity index (χ3n) is 4.32. The number of ether oxygens (including phenoxy) is 1. The van der Waals surface area contributed by atoms with Crippen molar-refractivity contribution in [3.8, 4) is 5.88 Å². The van der Waals surface area contributed by atoms with E-state index in [1.807, 2.05) is 30.3 Å². The molecule has 0 aliphatic carbocycles. The van der Waals surface area contributed by atoms with Crippen molar-refractivity contribution >= 4 is 17.5 Å². The van der Waals surface area contributed by atoms with Crippen molar-refractivity contribution in [3.63, 3.8) is 0 Å². The molecule has 0 unspecified atom stereocenters. The maximum Gasteiger partial charge on any atom is 0.237 e. The quantitative estimate of drug-likeness (QED) is 0.875. The molecule has 2 aromatic rings. The van der Waals surface area contributed by atoms with Gasteiger partial charge in [0.1, 0.15) is 5.69 Å². The van der Waals surface area contributed by atoms with Gasteiger partial charge >= 0.3 is 0 Å². The predicted molar refractivity (Wildman–Crippen MR) is 94.3 cm³/mol. The maximum atomic E-state index is 12.5. The van der Waals surface area contributed by atoms with Crippen LogP contribution >= 0.6 is 0 Å². The Morgan fingerprint density at radius 1 is 1.28 bits per heavy atom. The van der Waals surface area contributed by atoms with E-state index in [-0.39, 0.29) is 24.2 Å². The Kier molecular flexibility index (Phi) is 5.28. The number of nitrogens with zero attached hydrogens (tertiary/aromatic N) is 2. The number of hydrogen-bond donors (Lipinski definition) is 1. The number of benzene rings is 1. The normalized spacial score (nSPS) is 16.8. The first-order valence-electron chi connectivity index (χ1n) is 8.29. The van der Waals surface area contributed by atoms with Crippen LogP contribution in [0.15, 0.2) is 48.7 Å². The van der Waals surface area contributed by atoms with Gasteiger partial charge in [-0.2, -0.15) is 0 Å². The Hall–Kier alpha value is -2.89. The van der Waals surface area contributed by atoms with Crippen molar-refractivity contribution in [2.75, 3.05) is 25.5 Å². The molecule has 130 valence electrons. The second-order valence-corrected chi connectivity index (χ2v) is 6.03. The molecule has 1 N–H and O–H groups in total. The Labute approximate surface area is 146 Å². The number of carbonyl (C=O) groups excluding carboxylic acids is 2. The number of likely N-dealkylation sites (tertiary alicyclic amines) is 1. The fourth-order valence-electron chi connectivity index (χ4n) is 2.96. The largest absolute Gasteiger partial charge is 0.480 e. The van der Waals surface area contributed by atoms with Crippen LogP contribution in [0, 0.1) is 5.92 Å². The van der Waals surface area contributed by atoms with Crippen LogP contribution in [-0.4, -0.2) is 41.9 Å². The molecular weight excluding hydrogens is 318 g/mol. The third-order valence-corrected chi connectivity index (χ3v) is 4.32. The lowest BCUT2D eigenvalue weighted by Gasteiger charge is -2.17. The van der Waals surface area contributed by atoms with Crippen molar-refractivity contribution in [3.05, 3.63) is 54.2 Å². The summed E-state index contributed by atoms with van der Waals surface area (Å²) < 4.78 is 5.14. The standard InChI is InChI=1S/C19H21N3O3/c1-25-19-16(8-5-10-20-19)21-18(24)15-12-17(23)22(13-15)11-9-14-6-3-2-4-7-14/h2-8,10,15H,9,11-13H2,1H3,(H,21,24)/t15-/m0/s1. The lowest BCUT2D eigenvalue weighted by Crippen LogP contribution is -2.30. The van der Waals surface area contributed by atoms with Crippen LogP contribution in [0.1, 0.15) is 12.0 Å². The Balaban J connectivity index is 1.57. The summed E-state index contributed by atoms with van der Waals surface area (Å²) in [6.07, 6.45) is 2.62. The van der Waals surface area contributed by atoms with Crippen LogP contribution < -0.4 is 10.1 Å². The summed E-state index contributed by atoms with van der Waals surface area (Å²) in [6, 6.07) is 13.5. The van der Waals surface area contributed by atoms with E-state index in [1.165, 1.54) is 12.7 Å². The van der Waals surface area contributed by atoms with Crippen molar-refractivity contribution in [2.24, 2.45) is 5.92 Å². The molecule has 0 bridgehead atoms. The molecule has 1 aromatic heterocycles. The molecule has 1 aliphatic heterocycles. The number of carbonyl (C=O) groups is 2. The van der Waals surface area contributed by atoms with Crippen molar-refractivity contribution in [1.82, 2.24) is 9.88 Å². The number of aromatic nitrogens is 1. The number of pyridine rings is 1. The summed E-state index contributed by atoms with van der Waals surface area (Å²) in [5.74, 6) is -0.148. The van der Waals surface area contributed by atoms with E-state index in [2.05, 4.69) is 10.3 Å². The first kappa shape index (κ1) is 17.0. The second-order valence-electron chi connectivity index (χ2n) is 6.03. The lowest BCUT2D eigenvalue weighted by atomic mass is 10.1. The van der Waals surface area contributed by atoms with E-state index >= 15 is 0 Å². The zero-order chi connectivity index (χ0) is 17.6. The number of amides is 2. The van der Waals surface area contributed by atoms with Crippen LogP contribution in [0.4, 0.5) is 5.69 Å². The van der Waals surface area contributed by atoms with Crippen molar-refractivity contribution < 1.29 is 14.3 Å². The van der Waals surface area contributed by atoms with E-state index in [0.717, 1.165) is 6.42 Å². The molecule has 2 amide bonds. The van der Waals surface area contributed by atoms with Gasteiger partial charge in [0.25, 0.3) is 0 Å². The highest BCUT2D eigenvalue weighted by Crippen LogP contribution is 2.24. The first-order valence-corrected chi connectivity index (χ1v) is 8.29. The van der Waals surface area contributed by atoms with Gasteiger partial charge in [-0.3, -0.25) is 9.59 Å². The average Bonchev–Trinajstić information content (AvgIpc) is 3.02. The van der Waals surface area contributed by atoms with Crippen LogP contribution in [0.2, 0.25) is 0 Å². The summed E-state index contributed by atoms with van der Waals surface area (Å²) >= 11 is 0. The van der Waals surface area contributed by atoms with Crippen molar-refractivity contribution in [1.29, 1.82) is 0 Å². The van der Waals surface area contributed by atoms with Gasteiger partial charge in [-0.05, 0) is 24.1 Å². The highest BCUT2D eigenvalue weighted by molar-refractivity contribution is 5.97. The molecule has 1 atom stereocenters. The van der Waals surface area contributed by atoms with Gasteiger partial charge in [-0.1, -0.05) is 30.3 Å². The number of hydrogen-bond acceptors (Lipinski definition) is 4. The number of anilines is 1. The molecule has 1 aliphatic rings. The molecule has 2 heterocycles. The molecular formula is C19H21N3O3. The topological polar surface area (TPSA) is 71.5 Å². The monoisotopic (exact) mass is 339 g/mol. The fraction of sp³-hybridized carbons (Fsp3) is 0.316. The molecule has 6 heteroatoms. The minimum Gasteiger partial charge on any atom is -0.480 e. The van der Waals surface area contributed by atoms with E-state index in [4.69, 9.17) is 4.74 Å². The highest BCUT2D eigenvalue weighted by atomic mass is 16.5. The van der Waals surface area contributed by atoms with Crippen LogP contribution in [0.3, 0.4) is 0 Å². The van der Waals surface area contributed by atoms with Crippen LogP contribution in [0.5, 0.6) is 5.88 Å². The number of rotatable bonds is 6. The molecule has 0 saturated carbocycles. The van der Waals surface area contributed by atoms with Gasteiger partial charge in [0, 0.05) is 25.7 Å². The molecule has 1 aromatic carbocycles. The zero-order valence-corrected chi connectivity index (χ0v) is 14.1. The predicted octanol–water partition coefficient (Wildman–Crippen LogP) is 2.12.